The highest BCUT2D eigenvalue weighted by Crippen LogP contribution is 1.89. The summed E-state index contributed by atoms with van der Waals surface area (Å²) in [5, 5.41) is 5.60. The lowest BCUT2D eigenvalue weighted by Crippen LogP contribution is -2.38. The SMILES string of the molecule is CCCCOCCCNC(=O)NCC(C)C. The number of unbranched alkanes of at least 4 members (excludes halogenated alkanes) is 1. The molecule has 16 heavy (non-hydrogen) atoms. The van der Waals surface area contributed by atoms with Gasteiger partial charge in [-0.15, -0.1) is 0 Å². The molecule has 4 nitrogen and oxygen atoms in total. The number of carbonyl (C=O) groups excluding carboxylic acids is 1. The summed E-state index contributed by atoms with van der Waals surface area (Å²) in [6, 6.07) is -0.0812. The van der Waals surface area contributed by atoms with Crippen LogP contribution >= 0.6 is 0 Å². The molecule has 0 radical (unpaired) electrons. The maximum absolute atomic E-state index is 11.2. The van der Waals surface area contributed by atoms with Crippen molar-refractivity contribution < 1.29 is 9.53 Å². The van der Waals surface area contributed by atoms with Crippen LogP contribution < -0.4 is 10.6 Å². The summed E-state index contributed by atoms with van der Waals surface area (Å²) in [6.45, 7) is 9.24. The van der Waals surface area contributed by atoms with Gasteiger partial charge in [0.1, 0.15) is 0 Å². The first-order valence-electron chi connectivity index (χ1n) is 6.26. The van der Waals surface area contributed by atoms with E-state index in [1.54, 1.807) is 0 Å². The van der Waals surface area contributed by atoms with Gasteiger partial charge >= 0.3 is 6.03 Å². The summed E-state index contributed by atoms with van der Waals surface area (Å²) in [4.78, 5) is 11.2. The van der Waals surface area contributed by atoms with E-state index in [9.17, 15) is 4.79 Å². The van der Waals surface area contributed by atoms with Crippen LogP contribution in [0.2, 0.25) is 0 Å². The van der Waals surface area contributed by atoms with Gasteiger partial charge in [0.15, 0.2) is 0 Å². The number of ether oxygens (including phenoxy) is 1. The molecule has 0 bridgehead atoms. The van der Waals surface area contributed by atoms with Gasteiger partial charge in [-0.2, -0.15) is 0 Å². The van der Waals surface area contributed by atoms with E-state index < -0.39 is 0 Å². The summed E-state index contributed by atoms with van der Waals surface area (Å²) in [5.41, 5.74) is 0. The van der Waals surface area contributed by atoms with Crippen molar-refractivity contribution in [1.29, 1.82) is 0 Å². The fourth-order valence-electron chi connectivity index (χ4n) is 1.08. The molecule has 0 aromatic heterocycles. The van der Waals surface area contributed by atoms with Gasteiger partial charge in [-0.25, -0.2) is 4.79 Å². The Morgan fingerprint density at radius 2 is 1.88 bits per heavy atom. The smallest absolute Gasteiger partial charge is 0.314 e. The molecular formula is C12H26N2O2. The maximum Gasteiger partial charge on any atom is 0.314 e. The first-order valence-corrected chi connectivity index (χ1v) is 6.26. The standard InChI is InChI=1S/C12H26N2O2/c1-4-5-8-16-9-6-7-13-12(15)14-10-11(2)3/h11H,4-10H2,1-3H3,(H2,13,14,15). The van der Waals surface area contributed by atoms with Gasteiger partial charge in [-0.3, -0.25) is 0 Å². The summed E-state index contributed by atoms with van der Waals surface area (Å²) in [7, 11) is 0. The van der Waals surface area contributed by atoms with Crippen LogP contribution in [0.15, 0.2) is 0 Å². The molecule has 0 atom stereocenters. The van der Waals surface area contributed by atoms with E-state index in [4.69, 9.17) is 4.74 Å². The van der Waals surface area contributed by atoms with Crippen molar-refractivity contribution in [2.45, 2.75) is 40.0 Å². The van der Waals surface area contributed by atoms with Crippen molar-refractivity contribution in [1.82, 2.24) is 10.6 Å². The Balaban J connectivity index is 3.15. The van der Waals surface area contributed by atoms with Crippen LogP contribution in [0.3, 0.4) is 0 Å². The number of rotatable bonds is 9. The van der Waals surface area contributed by atoms with Crippen LogP contribution in [0.4, 0.5) is 4.79 Å². The van der Waals surface area contributed by atoms with Crippen LogP contribution in [0.1, 0.15) is 40.0 Å². The van der Waals surface area contributed by atoms with Crippen LogP contribution in [0.5, 0.6) is 0 Å². The highest BCUT2D eigenvalue weighted by Gasteiger charge is 1.99. The number of hydrogen-bond donors (Lipinski definition) is 2. The van der Waals surface area contributed by atoms with Crippen molar-refractivity contribution in [3.8, 4) is 0 Å². The van der Waals surface area contributed by atoms with Gasteiger partial charge in [0, 0.05) is 26.3 Å². The van der Waals surface area contributed by atoms with E-state index in [0.717, 1.165) is 39.0 Å². The molecule has 96 valence electrons. The van der Waals surface area contributed by atoms with Crippen molar-refractivity contribution >= 4 is 6.03 Å². The number of urea groups is 1. The molecular weight excluding hydrogens is 204 g/mol. The Bertz CT molecular complexity index is 172. The Morgan fingerprint density at radius 3 is 2.50 bits per heavy atom. The van der Waals surface area contributed by atoms with Crippen LogP contribution in [-0.4, -0.2) is 32.3 Å². The van der Waals surface area contributed by atoms with E-state index in [1.165, 1.54) is 0 Å². The van der Waals surface area contributed by atoms with Crippen molar-refractivity contribution in [2.75, 3.05) is 26.3 Å². The van der Waals surface area contributed by atoms with Gasteiger partial charge < -0.3 is 15.4 Å². The zero-order chi connectivity index (χ0) is 12.2. The maximum atomic E-state index is 11.2. The molecule has 0 spiro atoms. The molecule has 0 rings (SSSR count). The van der Waals surface area contributed by atoms with Crippen LogP contribution in [-0.2, 0) is 4.74 Å². The molecule has 0 aromatic carbocycles. The molecule has 0 unspecified atom stereocenters. The zero-order valence-corrected chi connectivity index (χ0v) is 10.8. The van der Waals surface area contributed by atoms with Gasteiger partial charge in [0.05, 0.1) is 0 Å². The molecule has 2 N–H and O–H groups in total. The normalized spacial score (nSPS) is 10.5. The summed E-state index contributed by atoms with van der Waals surface area (Å²) >= 11 is 0. The Labute approximate surface area is 99.1 Å². The number of nitrogens with one attached hydrogen (secondary N) is 2. The molecule has 0 heterocycles. The number of hydrogen-bond acceptors (Lipinski definition) is 2. The minimum Gasteiger partial charge on any atom is -0.381 e. The predicted molar refractivity (Wildman–Crippen MR) is 66.6 cm³/mol. The van der Waals surface area contributed by atoms with Gasteiger partial charge in [0.2, 0.25) is 0 Å². The first kappa shape index (κ1) is 15.2. The number of amides is 2. The third kappa shape index (κ3) is 11.3. The highest BCUT2D eigenvalue weighted by atomic mass is 16.5. The van der Waals surface area contributed by atoms with Crippen LogP contribution in [0.25, 0.3) is 0 Å². The molecule has 2 amide bonds. The minimum atomic E-state index is -0.0812. The Hall–Kier alpha value is -0.770. The largest absolute Gasteiger partial charge is 0.381 e. The Kier molecular flexibility index (Phi) is 10.2. The molecule has 0 saturated heterocycles. The van der Waals surface area contributed by atoms with Gasteiger partial charge in [-0.1, -0.05) is 27.2 Å². The summed E-state index contributed by atoms with van der Waals surface area (Å²) in [6.07, 6.45) is 3.15. The number of carbonyl (C=O) groups is 1. The highest BCUT2D eigenvalue weighted by molar-refractivity contribution is 5.73. The van der Waals surface area contributed by atoms with E-state index in [2.05, 4.69) is 31.4 Å². The van der Waals surface area contributed by atoms with Crippen LogP contribution in [0, 0.1) is 5.92 Å². The molecule has 0 aliphatic heterocycles. The first-order chi connectivity index (χ1) is 7.66. The third-order valence-electron chi connectivity index (χ3n) is 2.06. The van der Waals surface area contributed by atoms with Gasteiger partial charge in [-0.05, 0) is 18.8 Å². The topological polar surface area (TPSA) is 50.4 Å². The second-order valence-electron chi connectivity index (χ2n) is 4.35. The lowest BCUT2D eigenvalue weighted by molar-refractivity contribution is 0.129. The fourth-order valence-corrected chi connectivity index (χ4v) is 1.08. The minimum absolute atomic E-state index is 0.0812. The molecule has 0 aliphatic rings. The van der Waals surface area contributed by atoms with Crippen molar-refractivity contribution in [3.63, 3.8) is 0 Å². The molecule has 0 fully saturated rings. The average Bonchev–Trinajstić information content (AvgIpc) is 2.25. The third-order valence-corrected chi connectivity index (χ3v) is 2.06. The lowest BCUT2D eigenvalue weighted by Gasteiger charge is -2.09. The molecule has 0 aromatic rings. The lowest BCUT2D eigenvalue weighted by atomic mass is 10.2. The fraction of sp³-hybridized carbons (Fsp3) is 0.917. The second kappa shape index (κ2) is 10.7. The summed E-state index contributed by atoms with van der Waals surface area (Å²) in [5.74, 6) is 0.489. The summed E-state index contributed by atoms with van der Waals surface area (Å²) < 4.78 is 5.38. The van der Waals surface area contributed by atoms with Gasteiger partial charge in [0.25, 0.3) is 0 Å². The monoisotopic (exact) mass is 230 g/mol. The quantitative estimate of drug-likeness (QED) is 0.596. The van der Waals surface area contributed by atoms with E-state index >= 15 is 0 Å². The molecule has 0 aliphatic carbocycles. The predicted octanol–water partition coefficient (Wildman–Crippen LogP) is 2.15. The van der Waals surface area contributed by atoms with E-state index in [1.807, 2.05) is 0 Å². The molecule has 0 saturated carbocycles. The van der Waals surface area contributed by atoms with E-state index in [-0.39, 0.29) is 6.03 Å². The van der Waals surface area contributed by atoms with Crippen molar-refractivity contribution in [3.05, 3.63) is 0 Å². The second-order valence-corrected chi connectivity index (χ2v) is 4.35. The zero-order valence-electron chi connectivity index (χ0n) is 10.8. The van der Waals surface area contributed by atoms with E-state index in [0.29, 0.717) is 12.5 Å². The Morgan fingerprint density at radius 1 is 1.19 bits per heavy atom. The molecule has 4 heteroatoms. The van der Waals surface area contributed by atoms with Crippen molar-refractivity contribution in [2.24, 2.45) is 5.92 Å². The average molecular weight is 230 g/mol.